The first-order chi connectivity index (χ1) is 6.65. The van der Waals surface area contributed by atoms with E-state index in [1.807, 2.05) is 13.8 Å². The molecule has 1 aromatic rings. The number of hydrogen-bond donors (Lipinski definition) is 1. The molecular weight excluding hydrogens is 184 g/mol. The molecule has 1 rings (SSSR count). The SMILES string of the molecule is CCc1oc(=O)n(C(=O)NC)c1CC. The third-order valence-corrected chi connectivity index (χ3v) is 2.06. The summed E-state index contributed by atoms with van der Waals surface area (Å²) in [6, 6.07) is -0.449. The summed E-state index contributed by atoms with van der Waals surface area (Å²) in [5, 5.41) is 2.40. The van der Waals surface area contributed by atoms with Gasteiger partial charge >= 0.3 is 11.8 Å². The Kier molecular flexibility index (Phi) is 3.11. The number of aryl methyl sites for hydroxylation is 1. The first-order valence-corrected chi connectivity index (χ1v) is 4.61. The lowest BCUT2D eigenvalue weighted by Crippen LogP contribution is -2.33. The average molecular weight is 198 g/mol. The van der Waals surface area contributed by atoms with Gasteiger partial charge in [0, 0.05) is 13.5 Å². The summed E-state index contributed by atoms with van der Waals surface area (Å²) in [5.41, 5.74) is 0.650. The normalized spacial score (nSPS) is 10.2. The molecule has 14 heavy (non-hydrogen) atoms. The number of hydrogen-bond acceptors (Lipinski definition) is 3. The molecule has 0 aliphatic carbocycles. The van der Waals surface area contributed by atoms with Crippen LogP contribution in [0.15, 0.2) is 9.21 Å². The predicted molar refractivity (Wildman–Crippen MR) is 51.6 cm³/mol. The second-order valence-corrected chi connectivity index (χ2v) is 2.84. The molecule has 1 aromatic heterocycles. The van der Waals surface area contributed by atoms with Gasteiger partial charge in [-0.15, -0.1) is 0 Å². The zero-order valence-electron chi connectivity index (χ0n) is 8.59. The molecule has 0 aromatic carbocycles. The largest absolute Gasteiger partial charge is 0.427 e. The highest BCUT2D eigenvalue weighted by atomic mass is 16.4. The molecule has 0 atom stereocenters. The Morgan fingerprint density at radius 2 is 2.07 bits per heavy atom. The van der Waals surface area contributed by atoms with E-state index in [0.29, 0.717) is 24.3 Å². The van der Waals surface area contributed by atoms with Crippen molar-refractivity contribution >= 4 is 6.03 Å². The summed E-state index contributed by atoms with van der Waals surface area (Å²) in [6.45, 7) is 3.76. The zero-order chi connectivity index (χ0) is 10.7. The second kappa shape index (κ2) is 4.13. The van der Waals surface area contributed by atoms with Crippen molar-refractivity contribution in [1.82, 2.24) is 9.88 Å². The van der Waals surface area contributed by atoms with Crippen LogP contribution in [0.4, 0.5) is 4.79 Å². The molecule has 1 amide bonds. The summed E-state index contributed by atoms with van der Waals surface area (Å²) in [6.07, 6.45) is 1.21. The van der Waals surface area contributed by atoms with Gasteiger partial charge in [0.25, 0.3) is 0 Å². The van der Waals surface area contributed by atoms with Crippen LogP contribution < -0.4 is 11.1 Å². The van der Waals surface area contributed by atoms with Crippen LogP contribution in [0.1, 0.15) is 25.3 Å². The number of nitrogens with one attached hydrogen (secondary N) is 1. The van der Waals surface area contributed by atoms with E-state index < -0.39 is 11.8 Å². The molecule has 0 bridgehead atoms. The molecule has 0 saturated carbocycles. The maximum atomic E-state index is 11.3. The average Bonchev–Trinajstić information content (AvgIpc) is 2.53. The number of rotatable bonds is 2. The fraction of sp³-hybridized carbons (Fsp3) is 0.556. The van der Waals surface area contributed by atoms with Crippen molar-refractivity contribution in [2.45, 2.75) is 26.7 Å². The molecule has 5 nitrogen and oxygen atoms in total. The van der Waals surface area contributed by atoms with E-state index in [2.05, 4.69) is 5.32 Å². The van der Waals surface area contributed by atoms with Crippen molar-refractivity contribution in [1.29, 1.82) is 0 Å². The first-order valence-electron chi connectivity index (χ1n) is 4.61. The Labute approximate surface area is 81.7 Å². The van der Waals surface area contributed by atoms with Crippen molar-refractivity contribution in [2.75, 3.05) is 7.05 Å². The van der Waals surface area contributed by atoms with Gasteiger partial charge in [-0.3, -0.25) is 0 Å². The second-order valence-electron chi connectivity index (χ2n) is 2.84. The number of carbonyl (C=O) groups excluding carboxylic acids is 1. The topological polar surface area (TPSA) is 64.2 Å². The lowest BCUT2D eigenvalue weighted by molar-refractivity contribution is 0.242. The van der Waals surface area contributed by atoms with Crippen LogP contribution in [0.25, 0.3) is 0 Å². The first kappa shape index (κ1) is 10.6. The Morgan fingerprint density at radius 3 is 2.50 bits per heavy atom. The van der Waals surface area contributed by atoms with Gasteiger partial charge in [-0.1, -0.05) is 13.8 Å². The number of oxazole rings is 1. The minimum Gasteiger partial charge on any atom is -0.412 e. The molecule has 0 spiro atoms. The van der Waals surface area contributed by atoms with E-state index >= 15 is 0 Å². The monoisotopic (exact) mass is 198 g/mol. The molecule has 1 N–H and O–H groups in total. The molecular formula is C9H14N2O3. The van der Waals surface area contributed by atoms with E-state index in [-0.39, 0.29) is 0 Å². The minimum absolute atomic E-state index is 0.449. The van der Waals surface area contributed by atoms with Gasteiger partial charge in [0.2, 0.25) is 0 Å². The van der Waals surface area contributed by atoms with Gasteiger partial charge in [0.1, 0.15) is 5.76 Å². The van der Waals surface area contributed by atoms with Crippen LogP contribution in [0, 0.1) is 0 Å². The summed E-state index contributed by atoms with van der Waals surface area (Å²) >= 11 is 0. The quantitative estimate of drug-likeness (QED) is 0.762. The molecule has 0 unspecified atom stereocenters. The van der Waals surface area contributed by atoms with Gasteiger partial charge in [-0.25, -0.2) is 9.59 Å². The number of nitrogens with zero attached hydrogens (tertiary/aromatic N) is 1. The Morgan fingerprint density at radius 1 is 1.43 bits per heavy atom. The molecule has 5 heteroatoms. The van der Waals surface area contributed by atoms with Gasteiger partial charge < -0.3 is 9.73 Å². The lowest BCUT2D eigenvalue weighted by Gasteiger charge is -2.02. The van der Waals surface area contributed by atoms with Crippen molar-refractivity contribution in [2.24, 2.45) is 0 Å². The maximum absolute atomic E-state index is 11.3. The zero-order valence-corrected chi connectivity index (χ0v) is 8.59. The van der Waals surface area contributed by atoms with Gasteiger partial charge in [-0.2, -0.15) is 4.57 Å². The van der Waals surface area contributed by atoms with Crippen LogP contribution in [0.2, 0.25) is 0 Å². The summed E-state index contributed by atoms with van der Waals surface area (Å²) in [5.74, 6) is -0.0286. The molecule has 0 saturated heterocycles. The van der Waals surface area contributed by atoms with Crippen molar-refractivity contribution in [3.8, 4) is 0 Å². The summed E-state index contributed by atoms with van der Waals surface area (Å²) < 4.78 is 6.00. The smallest absolute Gasteiger partial charge is 0.412 e. The molecule has 1 heterocycles. The Bertz CT molecular complexity index is 389. The molecule has 78 valence electrons. The number of aromatic nitrogens is 1. The van der Waals surface area contributed by atoms with Gasteiger partial charge in [-0.05, 0) is 6.42 Å². The third-order valence-electron chi connectivity index (χ3n) is 2.06. The van der Waals surface area contributed by atoms with E-state index in [1.165, 1.54) is 7.05 Å². The molecule has 0 aliphatic rings. The van der Waals surface area contributed by atoms with Crippen LogP contribution in [-0.4, -0.2) is 17.6 Å². The standard InChI is InChI=1S/C9H14N2O3/c1-4-6-7(5-2)14-9(13)11(6)8(12)10-3/h4-5H2,1-3H3,(H,10,12). The van der Waals surface area contributed by atoms with E-state index in [1.54, 1.807) is 0 Å². The fourth-order valence-electron chi connectivity index (χ4n) is 1.39. The van der Waals surface area contributed by atoms with Crippen LogP contribution in [0.5, 0.6) is 0 Å². The number of carbonyl (C=O) groups is 1. The minimum atomic E-state index is -0.613. The van der Waals surface area contributed by atoms with E-state index in [9.17, 15) is 9.59 Å². The van der Waals surface area contributed by atoms with Crippen molar-refractivity contribution in [3.63, 3.8) is 0 Å². The van der Waals surface area contributed by atoms with Gasteiger partial charge in [0.05, 0.1) is 5.69 Å². The Balaban J connectivity index is 3.33. The van der Waals surface area contributed by atoms with Crippen LogP contribution in [0.3, 0.4) is 0 Å². The molecule has 0 radical (unpaired) electrons. The fourth-order valence-corrected chi connectivity index (χ4v) is 1.39. The summed E-state index contributed by atoms with van der Waals surface area (Å²) in [7, 11) is 1.48. The van der Waals surface area contributed by atoms with Gasteiger partial charge in [0.15, 0.2) is 0 Å². The molecule has 0 fully saturated rings. The lowest BCUT2D eigenvalue weighted by atomic mass is 10.2. The highest BCUT2D eigenvalue weighted by Gasteiger charge is 2.17. The Hall–Kier alpha value is -1.52. The highest BCUT2D eigenvalue weighted by Crippen LogP contribution is 2.08. The predicted octanol–water partition coefficient (Wildman–Crippen LogP) is 0.754. The third kappa shape index (κ3) is 1.57. The van der Waals surface area contributed by atoms with Crippen molar-refractivity contribution in [3.05, 3.63) is 22.0 Å². The van der Waals surface area contributed by atoms with E-state index in [0.717, 1.165) is 4.57 Å². The number of amides is 1. The van der Waals surface area contributed by atoms with E-state index in [4.69, 9.17) is 4.42 Å². The van der Waals surface area contributed by atoms with Crippen molar-refractivity contribution < 1.29 is 9.21 Å². The highest BCUT2D eigenvalue weighted by molar-refractivity contribution is 5.77. The van der Waals surface area contributed by atoms with Crippen LogP contribution in [-0.2, 0) is 12.8 Å². The maximum Gasteiger partial charge on any atom is 0.427 e. The summed E-state index contributed by atoms with van der Waals surface area (Å²) in [4.78, 5) is 22.6. The van der Waals surface area contributed by atoms with Crippen LogP contribution >= 0.6 is 0 Å². The molecule has 0 aliphatic heterocycles.